The number of rotatable bonds is 12. The predicted molar refractivity (Wildman–Crippen MR) is 154 cm³/mol. The largest absolute Gasteiger partial charge is 0.439 e. The maximum atomic E-state index is 6.59. The predicted octanol–water partition coefficient (Wildman–Crippen LogP) is 5.10. The van der Waals surface area contributed by atoms with Crippen LogP contribution in [0.3, 0.4) is 0 Å². The topological polar surface area (TPSA) is 111 Å². The molecule has 1 saturated carbocycles. The first kappa shape index (κ1) is 28.3. The molecular weight excluding hydrogens is 476 g/mol. The zero-order valence-corrected chi connectivity index (χ0v) is 23.4. The lowest BCUT2D eigenvalue weighted by Gasteiger charge is -2.41. The summed E-state index contributed by atoms with van der Waals surface area (Å²) >= 11 is 0. The maximum Gasteiger partial charge on any atom is 0.219 e. The van der Waals surface area contributed by atoms with Crippen molar-refractivity contribution in [2.75, 3.05) is 19.7 Å². The standard InChI is InChI=1S/C30H46N6O2/c1-30(2,3)37-21-24(18-31)33-16-10-15-27(22-11-6-4-7-12-22)36-20-23-17-28(34-19-26(23)35-29(36)32)38-25-13-8-5-9-14-25/h5,8-9,13-14,17,19,22,24,27,33H,4,6-7,10-12,15-16,18,20-21,31H2,1-3H3,(H2,32,35). The second-order valence-corrected chi connectivity index (χ2v) is 11.6. The minimum atomic E-state index is -0.163. The molecule has 8 nitrogen and oxygen atoms in total. The first-order valence-corrected chi connectivity index (χ1v) is 14.2. The zero-order chi connectivity index (χ0) is 27.0. The minimum Gasteiger partial charge on any atom is -0.439 e. The van der Waals surface area contributed by atoms with Crippen LogP contribution >= 0.6 is 0 Å². The lowest BCUT2D eigenvalue weighted by Crippen LogP contribution is -2.49. The number of benzene rings is 1. The average molecular weight is 523 g/mol. The molecule has 5 N–H and O–H groups in total. The summed E-state index contributed by atoms with van der Waals surface area (Å²) in [4.78, 5) is 11.6. The van der Waals surface area contributed by atoms with E-state index in [4.69, 9.17) is 25.9 Å². The average Bonchev–Trinajstić information content (AvgIpc) is 2.91. The van der Waals surface area contributed by atoms with Gasteiger partial charge in [-0.15, -0.1) is 0 Å². The molecule has 1 aliphatic heterocycles. The number of para-hydroxylation sites is 1. The summed E-state index contributed by atoms with van der Waals surface area (Å²) in [5.74, 6) is 2.56. The molecule has 0 amide bonds. The maximum absolute atomic E-state index is 6.59. The Labute approximate surface area is 228 Å². The highest BCUT2D eigenvalue weighted by Gasteiger charge is 2.32. The molecule has 2 atom stereocenters. The minimum absolute atomic E-state index is 0.159. The van der Waals surface area contributed by atoms with Gasteiger partial charge in [0.1, 0.15) is 5.75 Å². The van der Waals surface area contributed by atoms with Crippen LogP contribution in [0.2, 0.25) is 0 Å². The van der Waals surface area contributed by atoms with E-state index >= 15 is 0 Å². The van der Waals surface area contributed by atoms with Gasteiger partial charge in [-0.2, -0.15) is 0 Å². The van der Waals surface area contributed by atoms with Gasteiger partial charge in [-0.25, -0.2) is 9.98 Å². The Balaban J connectivity index is 1.41. The number of fused-ring (bicyclic) bond motifs is 1. The first-order chi connectivity index (χ1) is 18.3. The molecule has 1 fully saturated rings. The number of ether oxygens (including phenoxy) is 2. The van der Waals surface area contributed by atoms with Gasteiger partial charge in [-0.1, -0.05) is 37.5 Å². The molecular formula is C30H46N6O2. The quantitative estimate of drug-likeness (QED) is 0.333. The van der Waals surface area contributed by atoms with Gasteiger partial charge in [0.25, 0.3) is 0 Å². The number of aromatic nitrogens is 1. The van der Waals surface area contributed by atoms with Crippen LogP contribution in [0.1, 0.15) is 71.3 Å². The van der Waals surface area contributed by atoms with Gasteiger partial charge in [0.05, 0.1) is 24.1 Å². The number of nitrogens with one attached hydrogen (secondary N) is 1. The Morgan fingerprint density at radius 3 is 2.61 bits per heavy atom. The van der Waals surface area contributed by atoms with Crippen LogP contribution < -0.4 is 21.5 Å². The van der Waals surface area contributed by atoms with E-state index in [2.05, 4.69) is 36.0 Å². The van der Waals surface area contributed by atoms with Crippen molar-refractivity contribution in [3.63, 3.8) is 0 Å². The van der Waals surface area contributed by atoms with Crippen LogP contribution in [0.4, 0.5) is 5.69 Å². The van der Waals surface area contributed by atoms with E-state index in [-0.39, 0.29) is 11.6 Å². The third kappa shape index (κ3) is 8.16. The second kappa shape index (κ2) is 13.4. The van der Waals surface area contributed by atoms with Gasteiger partial charge in [0.15, 0.2) is 5.96 Å². The van der Waals surface area contributed by atoms with E-state index < -0.39 is 0 Å². The molecule has 2 unspecified atom stereocenters. The van der Waals surface area contributed by atoms with E-state index in [9.17, 15) is 0 Å². The lowest BCUT2D eigenvalue weighted by atomic mass is 9.81. The van der Waals surface area contributed by atoms with Crippen molar-refractivity contribution in [2.24, 2.45) is 22.4 Å². The number of nitrogens with zero attached hydrogens (tertiary/aromatic N) is 3. The third-order valence-electron chi connectivity index (χ3n) is 7.48. The third-order valence-corrected chi connectivity index (χ3v) is 7.48. The number of pyridine rings is 1. The van der Waals surface area contributed by atoms with Crippen molar-refractivity contribution in [1.82, 2.24) is 15.2 Å². The van der Waals surface area contributed by atoms with Crippen molar-refractivity contribution in [3.05, 3.63) is 48.2 Å². The summed E-state index contributed by atoms with van der Waals surface area (Å²) in [6, 6.07) is 12.3. The zero-order valence-electron chi connectivity index (χ0n) is 23.4. The molecule has 0 bridgehead atoms. The van der Waals surface area contributed by atoms with Gasteiger partial charge in [0.2, 0.25) is 5.88 Å². The van der Waals surface area contributed by atoms with Crippen LogP contribution in [-0.4, -0.2) is 53.2 Å². The van der Waals surface area contributed by atoms with Crippen molar-refractivity contribution < 1.29 is 9.47 Å². The molecule has 1 aromatic heterocycles. The Kier molecular flexibility index (Phi) is 9.99. The number of hydrogen-bond donors (Lipinski definition) is 3. The second-order valence-electron chi connectivity index (χ2n) is 11.6. The van der Waals surface area contributed by atoms with Crippen LogP contribution in [0.15, 0.2) is 47.6 Å². The number of aliphatic imine (C=N–C) groups is 1. The number of hydrogen-bond acceptors (Lipinski definition) is 8. The summed E-state index contributed by atoms with van der Waals surface area (Å²) < 4.78 is 11.9. The van der Waals surface area contributed by atoms with Crippen molar-refractivity contribution in [3.8, 4) is 11.6 Å². The number of guanidine groups is 1. The molecule has 2 heterocycles. The van der Waals surface area contributed by atoms with Gasteiger partial charge in [-0.05, 0) is 71.0 Å². The molecule has 1 aliphatic carbocycles. The van der Waals surface area contributed by atoms with E-state index in [1.807, 2.05) is 36.4 Å². The highest BCUT2D eigenvalue weighted by molar-refractivity contribution is 5.83. The molecule has 38 heavy (non-hydrogen) atoms. The molecule has 4 rings (SSSR count). The molecule has 2 aliphatic rings. The fraction of sp³-hybridized carbons (Fsp3) is 0.600. The Bertz CT molecular complexity index is 1030. The van der Waals surface area contributed by atoms with Crippen LogP contribution in [0, 0.1) is 5.92 Å². The first-order valence-electron chi connectivity index (χ1n) is 14.2. The van der Waals surface area contributed by atoms with E-state index in [1.54, 1.807) is 6.20 Å². The highest BCUT2D eigenvalue weighted by Crippen LogP contribution is 2.36. The molecule has 1 aromatic carbocycles. The summed E-state index contributed by atoms with van der Waals surface area (Å²) in [5.41, 5.74) is 14.4. The summed E-state index contributed by atoms with van der Waals surface area (Å²) in [5, 5.41) is 3.61. The fourth-order valence-electron chi connectivity index (χ4n) is 5.44. The van der Waals surface area contributed by atoms with Crippen LogP contribution in [-0.2, 0) is 11.3 Å². The van der Waals surface area contributed by atoms with E-state index in [1.165, 1.54) is 32.1 Å². The molecule has 208 valence electrons. The Morgan fingerprint density at radius 2 is 1.89 bits per heavy atom. The van der Waals surface area contributed by atoms with Crippen molar-refractivity contribution in [1.29, 1.82) is 0 Å². The molecule has 0 saturated heterocycles. The van der Waals surface area contributed by atoms with Gasteiger partial charge in [-0.3, -0.25) is 0 Å². The molecule has 8 heteroatoms. The van der Waals surface area contributed by atoms with E-state index in [0.29, 0.717) is 37.0 Å². The summed E-state index contributed by atoms with van der Waals surface area (Å²) in [6.45, 7) is 9.03. The Morgan fingerprint density at radius 1 is 1.13 bits per heavy atom. The molecule has 0 spiro atoms. The SMILES string of the molecule is CC(C)(C)OCC(CN)NCCCC(C1CCCCC1)N1Cc2cc(Oc3ccccc3)ncc2N=C1N. The fourth-order valence-corrected chi connectivity index (χ4v) is 5.44. The number of nitrogens with two attached hydrogens (primary N) is 2. The lowest BCUT2D eigenvalue weighted by molar-refractivity contribution is -0.0133. The van der Waals surface area contributed by atoms with Crippen molar-refractivity contribution in [2.45, 2.75) is 89.9 Å². The van der Waals surface area contributed by atoms with E-state index in [0.717, 1.165) is 42.9 Å². The van der Waals surface area contributed by atoms with Gasteiger partial charge < -0.3 is 31.2 Å². The Hall–Kier alpha value is -2.68. The summed E-state index contributed by atoms with van der Waals surface area (Å²) in [6.07, 6.45) is 10.3. The summed E-state index contributed by atoms with van der Waals surface area (Å²) in [7, 11) is 0. The van der Waals surface area contributed by atoms with Gasteiger partial charge in [0, 0.05) is 36.8 Å². The monoisotopic (exact) mass is 522 g/mol. The molecule has 0 radical (unpaired) electrons. The van der Waals surface area contributed by atoms with Crippen LogP contribution in [0.5, 0.6) is 11.6 Å². The van der Waals surface area contributed by atoms with Crippen LogP contribution in [0.25, 0.3) is 0 Å². The van der Waals surface area contributed by atoms with Crippen molar-refractivity contribution >= 4 is 11.6 Å². The highest BCUT2D eigenvalue weighted by atomic mass is 16.5. The molecule has 2 aromatic rings. The smallest absolute Gasteiger partial charge is 0.219 e. The normalized spacial score (nSPS) is 18.0. The van der Waals surface area contributed by atoms with Gasteiger partial charge >= 0.3 is 0 Å².